The van der Waals surface area contributed by atoms with Crippen LogP contribution >= 0.6 is 15.9 Å². The maximum absolute atomic E-state index is 6.21. The van der Waals surface area contributed by atoms with Crippen LogP contribution in [0, 0.1) is 0 Å². The Balaban J connectivity index is 2.51. The number of benzene rings is 2. The van der Waals surface area contributed by atoms with E-state index < -0.39 is 5.66 Å². The van der Waals surface area contributed by atoms with Crippen molar-refractivity contribution < 1.29 is 0 Å². The molecule has 2 nitrogen and oxygen atoms in total. The minimum absolute atomic E-state index is 0.876. The van der Waals surface area contributed by atoms with Crippen molar-refractivity contribution in [3.8, 4) is 0 Å². The molecule has 0 aromatic heterocycles. The summed E-state index contributed by atoms with van der Waals surface area (Å²) in [7, 11) is 0. The highest BCUT2D eigenvalue weighted by atomic mass is 79.9. The van der Waals surface area contributed by atoms with Crippen LogP contribution < -0.4 is 11.5 Å². The summed E-state index contributed by atoms with van der Waals surface area (Å²) in [5.74, 6) is 0. The molecular formula is C13H13BrN2. The normalized spacial score (nSPS) is 11.4. The van der Waals surface area contributed by atoms with Gasteiger partial charge in [0.1, 0.15) is 5.66 Å². The Morgan fingerprint density at radius 1 is 0.812 bits per heavy atom. The van der Waals surface area contributed by atoms with E-state index in [1.165, 1.54) is 0 Å². The van der Waals surface area contributed by atoms with Crippen molar-refractivity contribution in [1.29, 1.82) is 0 Å². The third-order valence-corrected chi connectivity index (χ3v) is 3.26. The Morgan fingerprint density at radius 2 is 1.38 bits per heavy atom. The van der Waals surface area contributed by atoms with Gasteiger partial charge in [0.25, 0.3) is 0 Å². The van der Waals surface area contributed by atoms with Gasteiger partial charge in [-0.2, -0.15) is 0 Å². The summed E-state index contributed by atoms with van der Waals surface area (Å²) in [5.41, 5.74) is 13.2. The summed E-state index contributed by atoms with van der Waals surface area (Å²) in [6.07, 6.45) is 0. The van der Waals surface area contributed by atoms with Crippen molar-refractivity contribution in [3.63, 3.8) is 0 Å². The Bertz CT molecular complexity index is 480. The lowest BCUT2D eigenvalue weighted by Crippen LogP contribution is -2.47. The number of hydrogen-bond acceptors (Lipinski definition) is 2. The first-order valence-electron chi connectivity index (χ1n) is 5.00. The molecule has 0 saturated carbocycles. The van der Waals surface area contributed by atoms with Gasteiger partial charge in [-0.1, -0.05) is 64.5 Å². The first-order valence-corrected chi connectivity index (χ1v) is 5.80. The van der Waals surface area contributed by atoms with Crippen molar-refractivity contribution in [2.75, 3.05) is 0 Å². The molecule has 82 valence electrons. The van der Waals surface area contributed by atoms with Crippen molar-refractivity contribution in [2.24, 2.45) is 11.5 Å². The smallest absolute Gasteiger partial charge is 0.117 e. The Kier molecular flexibility index (Phi) is 3.10. The van der Waals surface area contributed by atoms with Crippen LogP contribution in [0.1, 0.15) is 11.1 Å². The molecule has 0 aliphatic rings. The van der Waals surface area contributed by atoms with E-state index in [9.17, 15) is 0 Å². The van der Waals surface area contributed by atoms with E-state index in [4.69, 9.17) is 11.5 Å². The fourth-order valence-corrected chi connectivity index (χ4v) is 2.28. The highest BCUT2D eigenvalue weighted by molar-refractivity contribution is 9.10. The van der Waals surface area contributed by atoms with Gasteiger partial charge < -0.3 is 11.5 Å². The van der Waals surface area contributed by atoms with Crippen LogP contribution in [0.2, 0.25) is 0 Å². The van der Waals surface area contributed by atoms with Crippen LogP contribution in [-0.2, 0) is 5.66 Å². The van der Waals surface area contributed by atoms with Crippen LogP contribution in [0.3, 0.4) is 0 Å². The quantitative estimate of drug-likeness (QED) is 0.829. The maximum atomic E-state index is 6.21. The number of hydrogen-bond donors (Lipinski definition) is 2. The molecule has 0 spiro atoms. The van der Waals surface area contributed by atoms with Gasteiger partial charge in [-0.05, 0) is 11.6 Å². The lowest BCUT2D eigenvalue weighted by atomic mass is 9.93. The van der Waals surface area contributed by atoms with Gasteiger partial charge in [0.05, 0.1) is 0 Å². The molecule has 4 N–H and O–H groups in total. The lowest BCUT2D eigenvalue weighted by molar-refractivity contribution is 0.565. The Labute approximate surface area is 103 Å². The number of rotatable bonds is 2. The van der Waals surface area contributed by atoms with Crippen LogP contribution in [0.15, 0.2) is 59.1 Å². The first kappa shape index (κ1) is 11.3. The van der Waals surface area contributed by atoms with Gasteiger partial charge in [-0.15, -0.1) is 0 Å². The summed E-state index contributed by atoms with van der Waals surface area (Å²) in [4.78, 5) is 0. The fourth-order valence-electron chi connectivity index (χ4n) is 1.67. The summed E-state index contributed by atoms with van der Waals surface area (Å²) < 4.78 is 0.920. The van der Waals surface area contributed by atoms with E-state index in [1.807, 2.05) is 54.6 Å². The standard InChI is InChI=1S/C13H13BrN2/c14-12-9-5-4-8-11(12)13(15,16)10-6-2-1-3-7-10/h1-9H,15-16H2. The zero-order valence-electron chi connectivity index (χ0n) is 8.73. The van der Waals surface area contributed by atoms with Gasteiger partial charge in [0.2, 0.25) is 0 Å². The van der Waals surface area contributed by atoms with E-state index in [0.717, 1.165) is 15.6 Å². The second kappa shape index (κ2) is 4.37. The molecule has 0 bridgehead atoms. The minimum atomic E-state index is -0.971. The number of halogens is 1. The predicted molar refractivity (Wildman–Crippen MR) is 69.7 cm³/mol. The first-order chi connectivity index (χ1) is 7.62. The molecule has 2 aromatic rings. The van der Waals surface area contributed by atoms with E-state index >= 15 is 0 Å². The SMILES string of the molecule is NC(N)(c1ccccc1)c1ccccc1Br. The molecule has 0 fully saturated rings. The second-order valence-electron chi connectivity index (χ2n) is 3.71. The Hall–Kier alpha value is -1.16. The molecule has 0 aliphatic carbocycles. The molecule has 3 heteroatoms. The average Bonchev–Trinajstić information content (AvgIpc) is 2.30. The second-order valence-corrected chi connectivity index (χ2v) is 4.57. The monoisotopic (exact) mass is 276 g/mol. The summed E-state index contributed by atoms with van der Waals surface area (Å²) in [6.45, 7) is 0. The molecule has 0 unspecified atom stereocenters. The topological polar surface area (TPSA) is 52.0 Å². The number of nitrogens with two attached hydrogens (primary N) is 2. The molecule has 0 heterocycles. The van der Waals surface area contributed by atoms with E-state index in [0.29, 0.717) is 0 Å². The highest BCUT2D eigenvalue weighted by Crippen LogP contribution is 2.27. The van der Waals surface area contributed by atoms with Gasteiger partial charge in [0.15, 0.2) is 0 Å². The van der Waals surface area contributed by atoms with Gasteiger partial charge in [0, 0.05) is 10.0 Å². The molecule has 0 amide bonds. The third kappa shape index (κ3) is 2.02. The molecule has 0 atom stereocenters. The Morgan fingerprint density at radius 3 is 2.00 bits per heavy atom. The zero-order chi connectivity index (χ0) is 11.6. The van der Waals surface area contributed by atoms with Crippen LogP contribution in [0.5, 0.6) is 0 Å². The highest BCUT2D eigenvalue weighted by Gasteiger charge is 2.25. The van der Waals surface area contributed by atoms with Gasteiger partial charge in [-0.3, -0.25) is 0 Å². The van der Waals surface area contributed by atoms with Gasteiger partial charge >= 0.3 is 0 Å². The summed E-state index contributed by atoms with van der Waals surface area (Å²) >= 11 is 3.47. The largest absolute Gasteiger partial charge is 0.306 e. The molecule has 0 aliphatic heterocycles. The van der Waals surface area contributed by atoms with Crippen molar-refractivity contribution in [2.45, 2.75) is 5.66 Å². The lowest BCUT2D eigenvalue weighted by Gasteiger charge is -2.26. The third-order valence-electron chi connectivity index (χ3n) is 2.57. The molecular weight excluding hydrogens is 264 g/mol. The summed E-state index contributed by atoms with van der Waals surface area (Å²) in [5, 5.41) is 0. The van der Waals surface area contributed by atoms with E-state index in [1.54, 1.807) is 0 Å². The van der Waals surface area contributed by atoms with Crippen molar-refractivity contribution in [3.05, 3.63) is 70.2 Å². The average molecular weight is 277 g/mol. The van der Waals surface area contributed by atoms with Crippen molar-refractivity contribution >= 4 is 15.9 Å². The maximum Gasteiger partial charge on any atom is 0.117 e. The van der Waals surface area contributed by atoms with Crippen molar-refractivity contribution in [1.82, 2.24) is 0 Å². The molecule has 0 saturated heterocycles. The zero-order valence-corrected chi connectivity index (χ0v) is 10.3. The van der Waals surface area contributed by atoms with Crippen LogP contribution in [0.25, 0.3) is 0 Å². The minimum Gasteiger partial charge on any atom is -0.306 e. The molecule has 0 radical (unpaired) electrons. The molecule has 16 heavy (non-hydrogen) atoms. The van der Waals surface area contributed by atoms with Crippen LogP contribution in [-0.4, -0.2) is 0 Å². The van der Waals surface area contributed by atoms with E-state index in [2.05, 4.69) is 15.9 Å². The molecule has 2 aromatic carbocycles. The van der Waals surface area contributed by atoms with E-state index in [-0.39, 0.29) is 0 Å². The van der Waals surface area contributed by atoms with Crippen LogP contribution in [0.4, 0.5) is 0 Å². The fraction of sp³-hybridized carbons (Fsp3) is 0.0769. The predicted octanol–water partition coefficient (Wildman–Crippen LogP) is 2.57. The molecule has 2 rings (SSSR count). The van der Waals surface area contributed by atoms with Gasteiger partial charge in [-0.25, -0.2) is 0 Å². The summed E-state index contributed by atoms with van der Waals surface area (Å²) in [6, 6.07) is 17.4.